The van der Waals surface area contributed by atoms with Crippen LogP contribution >= 0.6 is 0 Å². The minimum Gasteiger partial charge on any atom is -0.309 e. The molecule has 0 aliphatic carbocycles. The highest BCUT2D eigenvalue weighted by Crippen LogP contribution is 2.31. The van der Waals surface area contributed by atoms with Crippen LogP contribution < -0.4 is 10.2 Å². The number of hydrogen-bond donors (Lipinski definition) is 1. The summed E-state index contributed by atoms with van der Waals surface area (Å²) in [4.78, 5) is 30.4. The Kier molecular flexibility index (Phi) is 6.31. The molecule has 4 heterocycles. The fourth-order valence-electron chi connectivity index (χ4n) is 3.76. The molecular weight excluding hydrogens is 451 g/mol. The minimum atomic E-state index is -4.52. The molecule has 1 N–H and O–H groups in total. The van der Waals surface area contributed by atoms with E-state index >= 15 is 0 Å². The van der Waals surface area contributed by atoms with Crippen molar-refractivity contribution in [2.24, 2.45) is 0 Å². The predicted molar refractivity (Wildman–Crippen MR) is 117 cm³/mol. The van der Waals surface area contributed by atoms with Crippen LogP contribution in [-0.4, -0.2) is 42.8 Å². The molecule has 0 unspecified atom stereocenters. The largest absolute Gasteiger partial charge is 0.417 e. The van der Waals surface area contributed by atoms with Crippen LogP contribution in [0.5, 0.6) is 0 Å². The Morgan fingerprint density at radius 3 is 2.65 bits per heavy atom. The first-order valence-corrected chi connectivity index (χ1v) is 10.6. The van der Waals surface area contributed by atoms with Gasteiger partial charge in [0.2, 0.25) is 11.8 Å². The normalized spacial score (nSPS) is 15.7. The van der Waals surface area contributed by atoms with Gasteiger partial charge in [0.15, 0.2) is 5.82 Å². The molecule has 0 bridgehead atoms. The lowest BCUT2D eigenvalue weighted by molar-refractivity contribution is -0.137. The molecule has 1 aliphatic rings. The molecule has 0 radical (unpaired) electrons. The lowest BCUT2D eigenvalue weighted by atomic mass is 10.1. The lowest BCUT2D eigenvalue weighted by Crippen LogP contribution is -2.44. The average molecular weight is 473 g/mol. The zero-order valence-electron chi connectivity index (χ0n) is 18.5. The summed E-state index contributed by atoms with van der Waals surface area (Å²) in [7, 11) is 0. The zero-order valence-corrected chi connectivity index (χ0v) is 18.5. The van der Waals surface area contributed by atoms with Gasteiger partial charge in [-0.1, -0.05) is 0 Å². The van der Waals surface area contributed by atoms with Gasteiger partial charge in [-0.15, -0.1) is 10.2 Å². The number of rotatable bonds is 5. The molecule has 0 aromatic carbocycles. The molecule has 4 rings (SSSR count). The summed E-state index contributed by atoms with van der Waals surface area (Å²) in [5.41, 5.74) is 0.256. The van der Waals surface area contributed by atoms with Gasteiger partial charge in [-0.05, 0) is 38.5 Å². The van der Waals surface area contributed by atoms with E-state index in [4.69, 9.17) is 0 Å². The molecule has 2 amide bonds. The number of hydrogen-bond acceptors (Lipinski definition) is 6. The molecule has 0 saturated carbocycles. The van der Waals surface area contributed by atoms with Crippen molar-refractivity contribution in [2.45, 2.75) is 51.9 Å². The number of carbonyl (C=O) groups is 2. The summed E-state index contributed by atoms with van der Waals surface area (Å²) < 4.78 is 40.4. The molecule has 0 saturated heterocycles. The Labute approximate surface area is 193 Å². The lowest BCUT2D eigenvalue weighted by Gasteiger charge is -2.33. The number of halogens is 3. The molecule has 1 atom stereocenters. The van der Waals surface area contributed by atoms with Crippen molar-refractivity contribution in [3.8, 4) is 11.3 Å². The number of carbonyl (C=O) groups excluding carboxylic acids is 2. The number of pyridine rings is 1. The number of alkyl halides is 3. The number of aromatic nitrogens is 5. The zero-order chi connectivity index (χ0) is 24.5. The second-order valence-corrected chi connectivity index (χ2v) is 8.08. The summed E-state index contributed by atoms with van der Waals surface area (Å²) in [5, 5.41) is 14.7. The van der Waals surface area contributed by atoms with Crippen molar-refractivity contribution in [1.82, 2.24) is 25.0 Å². The topological polar surface area (TPSA) is 106 Å². The van der Waals surface area contributed by atoms with E-state index < -0.39 is 17.6 Å². The van der Waals surface area contributed by atoms with Crippen molar-refractivity contribution < 1.29 is 22.8 Å². The highest BCUT2D eigenvalue weighted by molar-refractivity contribution is 5.97. The van der Waals surface area contributed by atoms with E-state index in [-0.39, 0.29) is 41.9 Å². The third kappa shape index (κ3) is 5.05. The summed E-state index contributed by atoms with van der Waals surface area (Å²) in [5.74, 6) is 0.251. The van der Waals surface area contributed by atoms with Crippen molar-refractivity contribution in [3.05, 3.63) is 47.9 Å². The summed E-state index contributed by atoms with van der Waals surface area (Å²) in [6, 6.07) is 5.64. The Bertz CT molecular complexity index is 1210. The van der Waals surface area contributed by atoms with Gasteiger partial charge >= 0.3 is 6.18 Å². The first kappa shape index (κ1) is 23.3. The van der Waals surface area contributed by atoms with E-state index in [1.165, 1.54) is 18.3 Å². The second kappa shape index (κ2) is 9.20. The quantitative estimate of drug-likeness (QED) is 0.607. The molecule has 3 aromatic rings. The summed E-state index contributed by atoms with van der Waals surface area (Å²) in [6.45, 7) is 4.56. The maximum absolute atomic E-state index is 12.9. The van der Waals surface area contributed by atoms with Crippen molar-refractivity contribution in [1.29, 1.82) is 0 Å². The maximum atomic E-state index is 12.9. The summed E-state index contributed by atoms with van der Waals surface area (Å²) in [6.07, 6.45) is -1.83. The van der Waals surface area contributed by atoms with Crippen LogP contribution in [0, 0.1) is 6.92 Å². The molecule has 1 aliphatic heterocycles. The second-order valence-electron chi connectivity index (χ2n) is 8.08. The van der Waals surface area contributed by atoms with Crippen LogP contribution in [0.2, 0.25) is 0 Å². The molecule has 0 fully saturated rings. The third-order valence-electron chi connectivity index (χ3n) is 5.46. The monoisotopic (exact) mass is 473 g/mol. The fourth-order valence-corrected chi connectivity index (χ4v) is 3.76. The van der Waals surface area contributed by atoms with E-state index in [9.17, 15) is 22.8 Å². The Balaban J connectivity index is 1.35. The van der Waals surface area contributed by atoms with Crippen molar-refractivity contribution in [3.63, 3.8) is 0 Å². The predicted octanol–water partition coefficient (Wildman–Crippen LogP) is 3.61. The molecular formula is C22H22F3N7O2. The van der Waals surface area contributed by atoms with E-state index in [0.29, 0.717) is 0 Å². The van der Waals surface area contributed by atoms with Gasteiger partial charge in [-0.25, -0.2) is 4.68 Å². The van der Waals surface area contributed by atoms with E-state index in [2.05, 4.69) is 25.6 Å². The molecule has 3 aromatic heterocycles. The Morgan fingerprint density at radius 1 is 1.15 bits per heavy atom. The van der Waals surface area contributed by atoms with Gasteiger partial charge in [0, 0.05) is 49.5 Å². The van der Waals surface area contributed by atoms with Crippen LogP contribution in [0.4, 0.5) is 24.8 Å². The van der Waals surface area contributed by atoms with E-state index in [0.717, 1.165) is 36.7 Å². The standard InChI is InChI=1S/C22H22F3N7O2/c1-13-9-20-31(30-13)8-7-14(2)32(20)21(34)6-5-19(33)27-18-4-3-17(28-29-18)15-10-16(12-26-11-15)22(23,24)25/h3-4,9-12,14H,5-8H2,1-2H3,(H,27,29,33)/t14-/m0/s1. The van der Waals surface area contributed by atoms with Crippen LogP contribution in [0.25, 0.3) is 11.3 Å². The molecule has 178 valence electrons. The Hall–Kier alpha value is -3.83. The number of aryl methyl sites for hydroxylation is 2. The number of anilines is 2. The molecule has 12 heteroatoms. The van der Waals surface area contributed by atoms with Crippen molar-refractivity contribution >= 4 is 23.5 Å². The maximum Gasteiger partial charge on any atom is 0.417 e. The third-order valence-corrected chi connectivity index (χ3v) is 5.46. The van der Waals surface area contributed by atoms with Crippen LogP contribution in [0.3, 0.4) is 0 Å². The number of nitrogens with zero attached hydrogens (tertiary/aromatic N) is 6. The average Bonchev–Trinajstić information content (AvgIpc) is 3.17. The smallest absolute Gasteiger partial charge is 0.309 e. The fraction of sp³-hybridized carbons (Fsp3) is 0.364. The number of nitrogens with one attached hydrogen (secondary N) is 1. The van der Waals surface area contributed by atoms with Crippen LogP contribution in [0.1, 0.15) is 37.4 Å². The summed E-state index contributed by atoms with van der Waals surface area (Å²) >= 11 is 0. The van der Waals surface area contributed by atoms with Crippen molar-refractivity contribution in [2.75, 3.05) is 10.2 Å². The molecule has 34 heavy (non-hydrogen) atoms. The van der Waals surface area contributed by atoms with E-state index in [1.807, 2.05) is 19.9 Å². The van der Waals surface area contributed by atoms with Crippen LogP contribution in [-0.2, 0) is 22.3 Å². The number of fused-ring (bicyclic) bond motifs is 1. The van der Waals surface area contributed by atoms with Gasteiger partial charge in [0.1, 0.15) is 5.82 Å². The van der Waals surface area contributed by atoms with Gasteiger partial charge in [0.25, 0.3) is 0 Å². The SMILES string of the molecule is Cc1cc2n(n1)CC[C@H](C)N2C(=O)CCC(=O)Nc1ccc(-c2cncc(C(F)(F)F)c2)nn1. The minimum absolute atomic E-state index is 0.00180. The highest BCUT2D eigenvalue weighted by atomic mass is 19.4. The Morgan fingerprint density at radius 2 is 1.94 bits per heavy atom. The van der Waals surface area contributed by atoms with Gasteiger partial charge < -0.3 is 5.32 Å². The van der Waals surface area contributed by atoms with Crippen LogP contribution in [0.15, 0.2) is 36.7 Å². The molecule has 9 nitrogen and oxygen atoms in total. The van der Waals surface area contributed by atoms with Gasteiger partial charge in [-0.2, -0.15) is 18.3 Å². The molecule has 0 spiro atoms. The first-order chi connectivity index (χ1) is 16.1. The van der Waals surface area contributed by atoms with E-state index in [1.54, 1.807) is 9.58 Å². The van der Waals surface area contributed by atoms with Gasteiger partial charge in [0.05, 0.1) is 17.0 Å². The van der Waals surface area contributed by atoms with Gasteiger partial charge in [-0.3, -0.25) is 19.5 Å². The first-order valence-electron chi connectivity index (χ1n) is 10.6. The highest BCUT2D eigenvalue weighted by Gasteiger charge is 2.31. The number of amides is 2.